The molecule has 0 unspecified atom stereocenters. The second-order valence-corrected chi connectivity index (χ2v) is 5.20. The van der Waals surface area contributed by atoms with E-state index in [4.69, 9.17) is 10.5 Å². The van der Waals surface area contributed by atoms with Gasteiger partial charge in [0.2, 0.25) is 5.91 Å². The van der Waals surface area contributed by atoms with Crippen molar-refractivity contribution in [3.63, 3.8) is 0 Å². The number of methoxy groups -OCH3 is 1. The molecule has 0 bridgehead atoms. The summed E-state index contributed by atoms with van der Waals surface area (Å²) in [5, 5.41) is 0. The first-order valence-corrected chi connectivity index (χ1v) is 7.24. The molecular formula is C14H28N2O2. The number of carbonyl (C=O) groups is 1. The highest BCUT2D eigenvalue weighted by atomic mass is 16.5. The fourth-order valence-electron chi connectivity index (χ4n) is 2.68. The van der Waals surface area contributed by atoms with Crippen molar-refractivity contribution < 1.29 is 9.53 Å². The maximum absolute atomic E-state index is 12.1. The van der Waals surface area contributed by atoms with Gasteiger partial charge in [-0.3, -0.25) is 4.79 Å². The van der Waals surface area contributed by atoms with E-state index in [1.54, 1.807) is 7.11 Å². The molecule has 4 heteroatoms. The molecule has 1 fully saturated rings. The van der Waals surface area contributed by atoms with Crippen molar-refractivity contribution in [2.75, 3.05) is 33.4 Å². The van der Waals surface area contributed by atoms with Crippen molar-refractivity contribution in [3.8, 4) is 0 Å². The van der Waals surface area contributed by atoms with Crippen molar-refractivity contribution in [2.24, 2.45) is 11.7 Å². The van der Waals surface area contributed by atoms with E-state index in [2.05, 4.69) is 0 Å². The minimum Gasteiger partial charge on any atom is -0.383 e. The van der Waals surface area contributed by atoms with Gasteiger partial charge in [0, 0.05) is 33.2 Å². The molecule has 0 radical (unpaired) electrons. The summed E-state index contributed by atoms with van der Waals surface area (Å²) < 4.78 is 5.03. The molecule has 1 aliphatic carbocycles. The van der Waals surface area contributed by atoms with Gasteiger partial charge in [-0.1, -0.05) is 32.1 Å². The number of hydrogen-bond acceptors (Lipinski definition) is 3. The minimum atomic E-state index is 0.239. The first kappa shape index (κ1) is 15.4. The molecule has 0 heterocycles. The van der Waals surface area contributed by atoms with Gasteiger partial charge in [0.05, 0.1) is 6.61 Å². The summed E-state index contributed by atoms with van der Waals surface area (Å²) in [5.74, 6) is 1.01. The Hall–Kier alpha value is -0.610. The van der Waals surface area contributed by atoms with Crippen LogP contribution in [0, 0.1) is 5.92 Å². The van der Waals surface area contributed by atoms with Crippen LogP contribution in [0.4, 0.5) is 0 Å². The zero-order valence-electron chi connectivity index (χ0n) is 11.7. The molecule has 106 valence electrons. The lowest BCUT2D eigenvalue weighted by Crippen LogP contribution is -2.37. The first-order valence-electron chi connectivity index (χ1n) is 7.24. The third-order valence-electron chi connectivity index (χ3n) is 3.81. The Morgan fingerprint density at radius 3 is 2.61 bits per heavy atom. The Bertz CT molecular complexity index is 228. The van der Waals surface area contributed by atoms with Gasteiger partial charge < -0.3 is 15.4 Å². The van der Waals surface area contributed by atoms with Crippen LogP contribution in [0.1, 0.15) is 44.9 Å². The Balaban J connectivity index is 2.26. The Kier molecular flexibility index (Phi) is 8.01. The van der Waals surface area contributed by atoms with Gasteiger partial charge in [0.1, 0.15) is 0 Å². The van der Waals surface area contributed by atoms with Gasteiger partial charge in [-0.2, -0.15) is 0 Å². The zero-order chi connectivity index (χ0) is 13.2. The molecule has 0 aromatic rings. The molecule has 2 N–H and O–H groups in total. The molecule has 4 nitrogen and oxygen atoms in total. The molecule has 1 rings (SSSR count). The van der Waals surface area contributed by atoms with E-state index in [0.29, 0.717) is 32.7 Å². The molecular weight excluding hydrogens is 228 g/mol. The number of hydrogen-bond donors (Lipinski definition) is 1. The number of nitrogens with two attached hydrogens (primary N) is 1. The van der Waals surface area contributed by atoms with Crippen LogP contribution in [-0.2, 0) is 9.53 Å². The highest BCUT2D eigenvalue weighted by molar-refractivity contribution is 5.76. The maximum Gasteiger partial charge on any atom is 0.222 e. The van der Waals surface area contributed by atoms with E-state index in [0.717, 1.165) is 12.3 Å². The highest BCUT2D eigenvalue weighted by Crippen LogP contribution is 2.27. The van der Waals surface area contributed by atoms with Crippen molar-refractivity contribution in [3.05, 3.63) is 0 Å². The first-order chi connectivity index (χ1) is 8.77. The molecule has 0 aromatic heterocycles. The van der Waals surface area contributed by atoms with Gasteiger partial charge >= 0.3 is 0 Å². The van der Waals surface area contributed by atoms with Crippen molar-refractivity contribution in [1.29, 1.82) is 0 Å². The lowest BCUT2D eigenvalue weighted by molar-refractivity contribution is -0.132. The van der Waals surface area contributed by atoms with Gasteiger partial charge in [0.15, 0.2) is 0 Å². The van der Waals surface area contributed by atoms with Crippen molar-refractivity contribution in [1.82, 2.24) is 4.90 Å². The van der Waals surface area contributed by atoms with Gasteiger partial charge in [-0.15, -0.1) is 0 Å². The normalized spacial score (nSPS) is 16.8. The van der Waals surface area contributed by atoms with Crippen LogP contribution in [-0.4, -0.2) is 44.2 Å². The predicted molar refractivity (Wildman–Crippen MR) is 73.3 cm³/mol. The summed E-state index contributed by atoms with van der Waals surface area (Å²) >= 11 is 0. The number of rotatable bonds is 8. The maximum atomic E-state index is 12.1. The van der Waals surface area contributed by atoms with Crippen molar-refractivity contribution in [2.45, 2.75) is 44.9 Å². The third kappa shape index (κ3) is 5.83. The van der Waals surface area contributed by atoms with Crippen LogP contribution in [0.2, 0.25) is 0 Å². The third-order valence-corrected chi connectivity index (χ3v) is 3.81. The number of nitrogens with zero attached hydrogens (tertiary/aromatic N) is 1. The fourth-order valence-corrected chi connectivity index (χ4v) is 2.68. The second kappa shape index (κ2) is 9.34. The summed E-state index contributed by atoms with van der Waals surface area (Å²) in [7, 11) is 1.66. The fraction of sp³-hybridized carbons (Fsp3) is 0.929. The summed E-state index contributed by atoms with van der Waals surface area (Å²) in [5.41, 5.74) is 5.54. The molecule has 0 spiro atoms. The van der Waals surface area contributed by atoms with Gasteiger partial charge in [-0.05, 0) is 12.3 Å². The van der Waals surface area contributed by atoms with E-state index < -0.39 is 0 Å². The molecule has 0 saturated heterocycles. The minimum absolute atomic E-state index is 0.239. The standard InChI is InChI=1S/C14H28N2O2/c1-18-12-11-16(10-9-15)14(17)8-7-13-5-3-2-4-6-13/h13H,2-12,15H2,1H3. The van der Waals surface area contributed by atoms with Crippen LogP contribution in [0.15, 0.2) is 0 Å². The number of ether oxygens (including phenoxy) is 1. The van der Waals surface area contributed by atoms with Crippen LogP contribution in [0.5, 0.6) is 0 Å². The second-order valence-electron chi connectivity index (χ2n) is 5.20. The van der Waals surface area contributed by atoms with Gasteiger partial charge in [0.25, 0.3) is 0 Å². The van der Waals surface area contributed by atoms with E-state index in [9.17, 15) is 4.79 Å². The molecule has 1 amide bonds. The highest BCUT2D eigenvalue weighted by Gasteiger charge is 2.17. The lowest BCUT2D eigenvalue weighted by atomic mass is 9.86. The average molecular weight is 256 g/mol. The van der Waals surface area contributed by atoms with Crippen LogP contribution >= 0.6 is 0 Å². The summed E-state index contributed by atoms with van der Waals surface area (Å²) in [6, 6.07) is 0. The van der Waals surface area contributed by atoms with E-state index >= 15 is 0 Å². The van der Waals surface area contributed by atoms with E-state index in [-0.39, 0.29) is 5.91 Å². The quantitative estimate of drug-likeness (QED) is 0.720. The molecule has 1 aliphatic rings. The zero-order valence-corrected chi connectivity index (χ0v) is 11.7. The average Bonchev–Trinajstić information content (AvgIpc) is 2.42. The van der Waals surface area contributed by atoms with E-state index in [1.807, 2.05) is 4.90 Å². The molecule has 1 saturated carbocycles. The molecule has 0 aromatic carbocycles. The lowest BCUT2D eigenvalue weighted by Gasteiger charge is -2.24. The largest absolute Gasteiger partial charge is 0.383 e. The summed E-state index contributed by atoms with van der Waals surface area (Å²) in [6.45, 7) is 2.43. The summed E-state index contributed by atoms with van der Waals surface area (Å²) in [4.78, 5) is 13.9. The molecule has 18 heavy (non-hydrogen) atoms. The van der Waals surface area contributed by atoms with Crippen LogP contribution in [0.3, 0.4) is 0 Å². The van der Waals surface area contributed by atoms with E-state index in [1.165, 1.54) is 32.1 Å². The Morgan fingerprint density at radius 2 is 2.00 bits per heavy atom. The van der Waals surface area contributed by atoms with Crippen molar-refractivity contribution >= 4 is 5.91 Å². The van der Waals surface area contributed by atoms with Gasteiger partial charge in [-0.25, -0.2) is 0 Å². The topological polar surface area (TPSA) is 55.6 Å². The molecule has 0 atom stereocenters. The number of amides is 1. The number of carbonyl (C=O) groups excluding carboxylic acids is 1. The molecule has 0 aliphatic heterocycles. The summed E-state index contributed by atoms with van der Waals surface area (Å²) in [6.07, 6.45) is 8.40. The Labute approximate surface area is 111 Å². The predicted octanol–water partition coefficient (Wildman–Crippen LogP) is 1.78. The Morgan fingerprint density at radius 1 is 1.28 bits per heavy atom. The SMILES string of the molecule is COCCN(CCN)C(=O)CCC1CCCCC1. The van der Waals surface area contributed by atoms with Crippen LogP contribution in [0.25, 0.3) is 0 Å². The smallest absolute Gasteiger partial charge is 0.222 e. The van der Waals surface area contributed by atoms with Crippen LogP contribution < -0.4 is 5.73 Å². The monoisotopic (exact) mass is 256 g/mol.